The number of carbonyl (C=O) groups is 2. The summed E-state index contributed by atoms with van der Waals surface area (Å²) in [5.74, 6) is -1.17. The van der Waals surface area contributed by atoms with Crippen molar-refractivity contribution in [3.05, 3.63) is 0 Å². The van der Waals surface area contributed by atoms with Crippen LogP contribution in [0.4, 0.5) is 0 Å². The predicted molar refractivity (Wildman–Crippen MR) is 36.2 cm³/mol. The van der Waals surface area contributed by atoms with Gasteiger partial charge in [0.1, 0.15) is 0 Å². The molecule has 0 aliphatic carbocycles. The molecular weight excluding hydrogens is 146 g/mol. The van der Waals surface area contributed by atoms with E-state index in [0.717, 1.165) is 0 Å². The lowest BCUT2D eigenvalue weighted by atomic mass is 10.3. The molecule has 0 aliphatic heterocycles. The number of rotatable bonds is 3. The van der Waals surface area contributed by atoms with Gasteiger partial charge in [-0.25, -0.2) is 0 Å². The smallest absolute Gasteiger partial charge is 0.314 e. The Morgan fingerprint density at radius 1 is 1.45 bits per heavy atom. The number of nitrogens with zero attached hydrogens (tertiary/aromatic N) is 1. The molecule has 11 heavy (non-hydrogen) atoms. The topological polar surface area (TPSA) is 67.2 Å². The van der Waals surface area contributed by atoms with E-state index in [1.54, 1.807) is 13.0 Å². The molecule has 0 bridgehead atoms. The summed E-state index contributed by atoms with van der Waals surface area (Å²) in [6.07, 6.45) is 0.260. The summed E-state index contributed by atoms with van der Waals surface area (Å²) < 4.78 is 4.27. The molecule has 0 aliphatic rings. The Hall–Kier alpha value is -1.37. The first-order valence-electron chi connectivity index (χ1n) is 3.31. The molecule has 0 radical (unpaired) electrons. The summed E-state index contributed by atoms with van der Waals surface area (Å²) in [6, 6.07) is 1.78. The molecule has 0 aromatic heterocycles. The first kappa shape index (κ1) is 9.63. The minimum absolute atomic E-state index is 0.0117. The summed E-state index contributed by atoms with van der Waals surface area (Å²) in [5, 5.41) is 8.06. The van der Waals surface area contributed by atoms with Crippen molar-refractivity contribution in [3.8, 4) is 6.07 Å². The van der Waals surface area contributed by atoms with Gasteiger partial charge in [-0.05, 0) is 0 Å². The number of hydrogen-bond acceptors (Lipinski definition) is 4. The zero-order chi connectivity index (χ0) is 8.69. The van der Waals surface area contributed by atoms with Crippen molar-refractivity contribution >= 4 is 11.9 Å². The number of carbonyl (C=O) groups excluding carboxylic acids is 2. The van der Waals surface area contributed by atoms with Gasteiger partial charge in [0.25, 0.3) is 0 Å². The lowest BCUT2D eigenvalue weighted by Gasteiger charge is -1.96. The molecule has 0 fully saturated rings. The van der Waals surface area contributed by atoms with Gasteiger partial charge in [-0.1, -0.05) is 6.92 Å². The lowest BCUT2D eigenvalue weighted by Crippen LogP contribution is -2.10. The monoisotopic (exact) mass is 155 g/mol. The molecule has 0 aromatic carbocycles. The highest BCUT2D eigenvalue weighted by atomic mass is 16.6. The van der Waals surface area contributed by atoms with Crippen molar-refractivity contribution < 1.29 is 14.3 Å². The Kier molecular flexibility index (Phi) is 4.74. The highest BCUT2D eigenvalue weighted by Crippen LogP contribution is 1.93. The molecule has 0 amide bonds. The van der Waals surface area contributed by atoms with E-state index in [1.165, 1.54) is 0 Å². The van der Waals surface area contributed by atoms with Crippen LogP contribution < -0.4 is 0 Å². The Labute approximate surface area is 64.8 Å². The van der Waals surface area contributed by atoms with Gasteiger partial charge >= 0.3 is 11.9 Å². The SMILES string of the molecule is CCC(=O)OC(=O)CCC#N. The number of nitriles is 1. The van der Waals surface area contributed by atoms with Gasteiger partial charge in [0, 0.05) is 12.8 Å². The van der Waals surface area contributed by atoms with Crippen LogP contribution in [0.15, 0.2) is 0 Å². The molecule has 0 heterocycles. The van der Waals surface area contributed by atoms with E-state index in [4.69, 9.17) is 5.26 Å². The van der Waals surface area contributed by atoms with Gasteiger partial charge in [-0.15, -0.1) is 0 Å². The van der Waals surface area contributed by atoms with E-state index in [2.05, 4.69) is 4.74 Å². The molecule has 4 nitrogen and oxygen atoms in total. The summed E-state index contributed by atoms with van der Waals surface area (Å²) in [4.78, 5) is 21.0. The molecule has 4 heteroatoms. The van der Waals surface area contributed by atoms with Crippen LogP contribution in [0.5, 0.6) is 0 Å². The molecule has 0 spiro atoms. The molecule has 0 rings (SSSR count). The van der Waals surface area contributed by atoms with E-state index in [1.807, 2.05) is 0 Å². The minimum atomic E-state index is -0.626. The number of ether oxygens (including phenoxy) is 1. The Morgan fingerprint density at radius 3 is 2.55 bits per heavy atom. The van der Waals surface area contributed by atoms with Gasteiger partial charge in [0.2, 0.25) is 0 Å². The largest absolute Gasteiger partial charge is 0.393 e. The van der Waals surface area contributed by atoms with E-state index in [9.17, 15) is 9.59 Å². The van der Waals surface area contributed by atoms with Crippen molar-refractivity contribution in [2.24, 2.45) is 0 Å². The summed E-state index contributed by atoms with van der Waals surface area (Å²) in [7, 11) is 0. The van der Waals surface area contributed by atoms with Crippen molar-refractivity contribution in [2.75, 3.05) is 0 Å². The second-order valence-corrected chi connectivity index (χ2v) is 1.86. The second kappa shape index (κ2) is 5.42. The Bertz CT molecular complexity index is 192. The van der Waals surface area contributed by atoms with Crippen LogP contribution in [0.2, 0.25) is 0 Å². The van der Waals surface area contributed by atoms with Crippen molar-refractivity contribution in [1.82, 2.24) is 0 Å². The van der Waals surface area contributed by atoms with Crippen LogP contribution in [-0.2, 0) is 14.3 Å². The fourth-order valence-corrected chi connectivity index (χ4v) is 0.408. The third kappa shape index (κ3) is 5.09. The van der Waals surface area contributed by atoms with Crippen LogP contribution >= 0.6 is 0 Å². The molecular formula is C7H9NO3. The Balaban J connectivity index is 3.54. The molecule has 0 N–H and O–H groups in total. The zero-order valence-corrected chi connectivity index (χ0v) is 6.29. The van der Waals surface area contributed by atoms with Crippen LogP contribution in [0, 0.1) is 11.3 Å². The van der Waals surface area contributed by atoms with Crippen molar-refractivity contribution in [2.45, 2.75) is 26.2 Å². The zero-order valence-electron chi connectivity index (χ0n) is 6.29. The lowest BCUT2D eigenvalue weighted by molar-refractivity contribution is -0.159. The highest BCUT2D eigenvalue weighted by Gasteiger charge is 2.06. The number of hydrogen-bond donors (Lipinski definition) is 0. The van der Waals surface area contributed by atoms with Gasteiger partial charge in [0.15, 0.2) is 0 Å². The third-order valence-electron chi connectivity index (χ3n) is 0.957. The molecule has 60 valence electrons. The van der Waals surface area contributed by atoms with Crippen molar-refractivity contribution in [1.29, 1.82) is 5.26 Å². The van der Waals surface area contributed by atoms with Crippen LogP contribution in [0.3, 0.4) is 0 Å². The molecule has 0 aromatic rings. The first-order chi connectivity index (χ1) is 5.20. The highest BCUT2D eigenvalue weighted by molar-refractivity contribution is 5.85. The fraction of sp³-hybridized carbons (Fsp3) is 0.571. The van der Waals surface area contributed by atoms with Crippen LogP contribution in [0.25, 0.3) is 0 Å². The maximum atomic E-state index is 10.6. The van der Waals surface area contributed by atoms with Crippen molar-refractivity contribution in [3.63, 3.8) is 0 Å². The quantitative estimate of drug-likeness (QED) is 0.446. The standard InChI is InChI=1S/C7H9NO3/c1-2-6(9)11-7(10)4-3-5-8/h2-4H2,1H3. The second-order valence-electron chi connectivity index (χ2n) is 1.86. The predicted octanol–water partition coefficient (Wildman–Crippen LogP) is 0.770. The van der Waals surface area contributed by atoms with Gasteiger partial charge in [-0.3, -0.25) is 9.59 Å². The van der Waals surface area contributed by atoms with E-state index < -0.39 is 11.9 Å². The Morgan fingerprint density at radius 2 is 2.09 bits per heavy atom. The number of esters is 2. The third-order valence-corrected chi connectivity index (χ3v) is 0.957. The van der Waals surface area contributed by atoms with Gasteiger partial charge in [-0.2, -0.15) is 5.26 Å². The molecule has 0 saturated heterocycles. The van der Waals surface area contributed by atoms with E-state index in [0.29, 0.717) is 0 Å². The van der Waals surface area contributed by atoms with E-state index >= 15 is 0 Å². The summed E-state index contributed by atoms with van der Waals surface area (Å²) in [6.45, 7) is 1.60. The van der Waals surface area contributed by atoms with E-state index in [-0.39, 0.29) is 19.3 Å². The normalized spacial score (nSPS) is 8.36. The van der Waals surface area contributed by atoms with Gasteiger partial charge < -0.3 is 4.74 Å². The fourth-order valence-electron chi connectivity index (χ4n) is 0.408. The maximum Gasteiger partial charge on any atom is 0.314 e. The van der Waals surface area contributed by atoms with Crippen LogP contribution in [0.1, 0.15) is 26.2 Å². The average molecular weight is 155 g/mol. The summed E-state index contributed by atoms with van der Waals surface area (Å²) in [5.41, 5.74) is 0. The average Bonchev–Trinajstić information content (AvgIpc) is 2.00. The first-order valence-corrected chi connectivity index (χ1v) is 3.31. The molecule has 0 saturated carbocycles. The van der Waals surface area contributed by atoms with Gasteiger partial charge in [0.05, 0.1) is 12.5 Å². The molecule has 0 unspecified atom stereocenters. The maximum absolute atomic E-state index is 10.6. The minimum Gasteiger partial charge on any atom is -0.393 e. The molecule has 0 atom stereocenters. The summed E-state index contributed by atoms with van der Waals surface area (Å²) >= 11 is 0. The van der Waals surface area contributed by atoms with Crippen LogP contribution in [-0.4, -0.2) is 11.9 Å².